The van der Waals surface area contributed by atoms with Gasteiger partial charge in [-0.1, -0.05) is 26.7 Å². The predicted octanol–water partition coefficient (Wildman–Crippen LogP) is 0.389. The van der Waals surface area contributed by atoms with Crippen molar-refractivity contribution < 1.29 is 9.90 Å². The highest BCUT2D eigenvalue weighted by molar-refractivity contribution is 5.80. The molecule has 0 aromatic heterocycles. The number of rotatable bonds is 4. The number of nitrogens with one attached hydrogen (secondary N) is 1. The van der Waals surface area contributed by atoms with Crippen LogP contribution in [0.4, 0.5) is 0 Å². The molecule has 0 heterocycles. The Morgan fingerprint density at radius 1 is 1.40 bits per heavy atom. The Morgan fingerprint density at radius 3 is 2.47 bits per heavy atom. The number of primary amides is 1. The van der Waals surface area contributed by atoms with Crippen LogP contribution in [0.1, 0.15) is 39.5 Å². The van der Waals surface area contributed by atoms with E-state index >= 15 is 0 Å². The molecule has 1 fully saturated rings. The third kappa shape index (κ3) is 3.47. The minimum atomic E-state index is -0.334. The van der Waals surface area contributed by atoms with Gasteiger partial charge in [-0.3, -0.25) is 4.79 Å². The van der Waals surface area contributed by atoms with Gasteiger partial charge in [0.1, 0.15) is 0 Å². The molecule has 1 rings (SSSR count). The minimum absolute atomic E-state index is 0.0265. The largest absolute Gasteiger partial charge is 0.392 e. The van der Waals surface area contributed by atoms with E-state index in [-0.39, 0.29) is 30.0 Å². The van der Waals surface area contributed by atoms with Gasteiger partial charge in [-0.15, -0.1) is 0 Å². The van der Waals surface area contributed by atoms with Crippen LogP contribution in [-0.4, -0.2) is 29.2 Å². The standard InChI is InChI=1S/C11H22N2O2/c1-7(2)10(11(12)15)13-8-5-3-4-6-9(8)14/h7-10,13-14H,3-6H2,1-2H3,(H2,12,15)/t8-,9-,10?/m0/s1. The number of carbonyl (C=O) groups excluding carboxylic acids is 1. The summed E-state index contributed by atoms with van der Waals surface area (Å²) in [5.41, 5.74) is 5.32. The van der Waals surface area contributed by atoms with E-state index in [9.17, 15) is 9.90 Å². The molecular formula is C11H22N2O2. The summed E-state index contributed by atoms with van der Waals surface area (Å²) in [5.74, 6) is -0.167. The van der Waals surface area contributed by atoms with Gasteiger partial charge in [-0.2, -0.15) is 0 Å². The fraction of sp³-hybridized carbons (Fsp3) is 0.909. The minimum Gasteiger partial charge on any atom is -0.392 e. The molecule has 1 unspecified atom stereocenters. The lowest BCUT2D eigenvalue weighted by atomic mass is 9.90. The zero-order valence-electron chi connectivity index (χ0n) is 9.57. The number of aliphatic hydroxyl groups is 1. The Labute approximate surface area is 91.2 Å². The van der Waals surface area contributed by atoms with Crippen LogP contribution in [0.25, 0.3) is 0 Å². The number of hydrogen-bond acceptors (Lipinski definition) is 3. The van der Waals surface area contributed by atoms with E-state index in [2.05, 4.69) is 5.32 Å². The summed E-state index contributed by atoms with van der Waals surface area (Å²) < 4.78 is 0. The number of nitrogens with two attached hydrogens (primary N) is 1. The molecular weight excluding hydrogens is 192 g/mol. The molecule has 1 aliphatic carbocycles. The Morgan fingerprint density at radius 2 is 2.00 bits per heavy atom. The number of carbonyl (C=O) groups is 1. The van der Waals surface area contributed by atoms with E-state index < -0.39 is 0 Å². The van der Waals surface area contributed by atoms with Crippen molar-refractivity contribution in [2.24, 2.45) is 11.7 Å². The summed E-state index contributed by atoms with van der Waals surface area (Å²) in [5, 5.41) is 12.9. The van der Waals surface area contributed by atoms with Crippen molar-refractivity contribution in [1.82, 2.24) is 5.32 Å². The zero-order chi connectivity index (χ0) is 11.4. The first-order valence-electron chi connectivity index (χ1n) is 5.75. The van der Waals surface area contributed by atoms with E-state index in [1.165, 1.54) is 0 Å². The number of amides is 1. The van der Waals surface area contributed by atoms with Crippen LogP contribution in [0.5, 0.6) is 0 Å². The van der Waals surface area contributed by atoms with Gasteiger partial charge in [0, 0.05) is 6.04 Å². The Hall–Kier alpha value is -0.610. The van der Waals surface area contributed by atoms with Gasteiger partial charge in [-0.25, -0.2) is 0 Å². The van der Waals surface area contributed by atoms with E-state index in [1.807, 2.05) is 13.8 Å². The molecule has 0 spiro atoms. The summed E-state index contributed by atoms with van der Waals surface area (Å²) in [6.45, 7) is 3.91. The first-order valence-corrected chi connectivity index (χ1v) is 5.75. The predicted molar refractivity (Wildman–Crippen MR) is 59.2 cm³/mol. The first kappa shape index (κ1) is 12.5. The molecule has 3 atom stereocenters. The second kappa shape index (κ2) is 5.47. The van der Waals surface area contributed by atoms with E-state index in [0.29, 0.717) is 0 Å². The molecule has 0 aliphatic heterocycles. The fourth-order valence-corrected chi connectivity index (χ4v) is 2.14. The second-order valence-electron chi connectivity index (χ2n) is 4.75. The van der Waals surface area contributed by atoms with Crippen molar-refractivity contribution in [1.29, 1.82) is 0 Å². The maximum absolute atomic E-state index is 11.2. The lowest BCUT2D eigenvalue weighted by molar-refractivity contribution is -0.121. The third-order valence-corrected chi connectivity index (χ3v) is 3.10. The molecule has 0 aromatic carbocycles. The van der Waals surface area contributed by atoms with Crippen molar-refractivity contribution >= 4 is 5.91 Å². The smallest absolute Gasteiger partial charge is 0.234 e. The quantitative estimate of drug-likeness (QED) is 0.633. The van der Waals surface area contributed by atoms with Crippen molar-refractivity contribution in [3.8, 4) is 0 Å². The highest BCUT2D eigenvalue weighted by Crippen LogP contribution is 2.19. The second-order valence-corrected chi connectivity index (χ2v) is 4.75. The number of aliphatic hydroxyl groups excluding tert-OH is 1. The third-order valence-electron chi connectivity index (χ3n) is 3.10. The van der Waals surface area contributed by atoms with Crippen molar-refractivity contribution in [3.63, 3.8) is 0 Å². The van der Waals surface area contributed by atoms with Crippen molar-refractivity contribution in [2.75, 3.05) is 0 Å². The number of hydrogen-bond donors (Lipinski definition) is 3. The highest BCUT2D eigenvalue weighted by atomic mass is 16.3. The SMILES string of the molecule is CC(C)C(N[C@H]1CCCC[C@@H]1O)C(N)=O. The first-order chi connectivity index (χ1) is 7.02. The molecule has 4 N–H and O–H groups in total. The monoisotopic (exact) mass is 214 g/mol. The summed E-state index contributed by atoms with van der Waals surface area (Å²) in [7, 11) is 0. The summed E-state index contributed by atoms with van der Waals surface area (Å²) >= 11 is 0. The van der Waals surface area contributed by atoms with Crippen LogP contribution in [0.15, 0.2) is 0 Å². The Bertz CT molecular complexity index is 219. The van der Waals surface area contributed by atoms with E-state index in [1.54, 1.807) is 0 Å². The lowest BCUT2D eigenvalue weighted by Crippen LogP contribution is -2.53. The van der Waals surface area contributed by atoms with Crippen LogP contribution in [0, 0.1) is 5.92 Å². The molecule has 88 valence electrons. The fourth-order valence-electron chi connectivity index (χ4n) is 2.14. The zero-order valence-corrected chi connectivity index (χ0v) is 9.57. The van der Waals surface area contributed by atoms with Crippen LogP contribution in [-0.2, 0) is 4.79 Å². The van der Waals surface area contributed by atoms with Gasteiger partial charge in [-0.05, 0) is 18.8 Å². The summed E-state index contributed by atoms with van der Waals surface area (Å²) in [6, 6.07) is -0.304. The average Bonchev–Trinajstić information content (AvgIpc) is 2.15. The molecule has 0 radical (unpaired) electrons. The molecule has 0 bridgehead atoms. The van der Waals surface area contributed by atoms with Crippen LogP contribution in [0.3, 0.4) is 0 Å². The Balaban J connectivity index is 2.52. The van der Waals surface area contributed by atoms with E-state index in [0.717, 1.165) is 25.7 Å². The molecule has 15 heavy (non-hydrogen) atoms. The van der Waals surface area contributed by atoms with Gasteiger partial charge >= 0.3 is 0 Å². The Kier molecular flexibility index (Phi) is 4.54. The van der Waals surface area contributed by atoms with Crippen molar-refractivity contribution in [2.45, 2.75) is 57.7 Å². The molecule has 0 aromatic rings. The van der Waals surface area contributed by atoms with E-state index in [4.69, 9.17) is 5.73 Å². The molecule has 1 amide bonds. The van der Waals surface area contributed by atoms with Crippen LogP contribution in [0.2, 0.25) is 0 Å². The van der Waals surface area contributed by atoms with Crippen LogP contribution >= 0.6 is 0 Å². The normalized spacial score (nSPS) is 29.1. The molecule has 1 saturated carbocycles. The molecule has 4 nitrogen and oxygen atoms in total. The molecule has 1 aliphatic rings. The average molecular weight is 214 g/mol. The highest BCUT2D eigenvalue weighted by Gasteiger charge is 2.28. The lowest BCUT2D eigenvalue weighted by Gasteiger charge is -2.32. The summed E-state index contributed by atoms with van der Waals surface area (Å²) in [6.07, 6.45) is 3.60. The van der Waals surface area contributed by atoms with Gasteiger partial charge in [0.2, 0.25) is 5.91 Å². The van der Waals surface area contributed by atoms with Crippen molar-refractivity contribution in [3.05, 3.63) is 0 Å². The van der Waals surface area contributed by atoms with Gasteiger partial charge in [0.15, 0.2) is 0 Å². The van der Waals surface area contributed by atoms with Crippen LogP contribution < -0.4 is 11.1 Å². The van der Waals surface area contributed by atoms with Gasteiger partial charge in [0.25, 0.3) is 0 Å². The van der Waals surface area contributed by atoms with Gasteiger partial charge < -0.3 is 16.2 Å². The maximum atomic E-state index is 11.2. The van der Waals surface area contributed by atoms with Gasteiger partial charge in [0.05, 0.1) is 12.1 Å². The topological polar surface area (TPSA) is 75.3 Å². The summed E-state index contributed by atoms with van der Waals surface area (Å²) in [4.78, 5) is 11.2. The molecule has 0 saturated heterocycles. The molecule has 4 heteroatoms. The maximum Gasteiger partial charge on any atom is 0.234 e.